The molecule has 2 rings (SSSR count). The first-order valence-corrected chi connectivity index (χ1v) is 8.30. The van der Waals surface area contributed by atoms with Crippen molar-refractivity contribution in [3.05, 3.63) is 29.6 Å². The van der Waals surface area contributed by atoms with E-state index in [4.69, 9.17) is 5.11 Å². The second-order valence-electron chi connectivity index (χ2n) is 5.45. The molecule has 2 N–H and O–H groups in total. The maximum Gasteiger partial charge on any atom is 0.243 e. The maximum atomic E-state index is 13.8. The Hall–Kier alpha value is -0.980. The number of rotatable bonds is 6. The highest BCUT2D eigenvalue weighted by atomic mass is 32.2. The van der Waals surface area contributed by atoms with E-state index in [1.807, 2.05) is 6.92 Å². The Bertz CT molecular complexity index is 577. The number of aliphatic hydroxyl groups is 1. The molecule has 0 atom stereocenters. The molecule has 0 aliphatic heterocycles. The van der Waals surface area contributed by atoms with E-state index < -0.39 is 15.8 Å². The van der Waals surface area contributed by atoms with Crippen LogP contribution in [0.25, 0.3) is 0 Å². The zero-order chi connectivity index (χ0) is 14.8. The van der Waals surface area contributed by atoms with Gasteiger partial charge in [0, 0.05) is 6.54 Å². The third kappa shape index (κ3) is 3.02. The van der Waals surface area contributed by atoms with Crippen LogP contribution in [0.2, 0.25) is 0 Å². The number of benzene rings is 1. The van der Waals surface area contributed by atoms with Crippen LogP contribution in [0.15, 0.2) is 23.1 Å². The van der Waals surface area contributed by atoms with Crippen LogP contribution in [-0.2, 0) is 16.6 Å². The number of aliphatic hydroxyl groups excluding tert-OH is 1. The molecule has 1 aromatic rings. The van der Waals surface area contributed by atoms with Crippen LogP contribution in [-0.4, -0.2) is 20.1 Å². The first-order chi connectivity index (χ1) is 9.42. The SMILES string of the molecule is CCC1(CNS(=O)(=O)c2ccc(CO)cc2F)CCC1. The number of hydrogen-bond acceptors (Lipinski definition) is 3. The van der Waals surface area contributed by atoms with Gasteiger partial charge in [0.25, 0.3) is 0 Å². The Morgan fingerprint density at radius 2 is 2.10 bits per heavy atom. The van der Waals surface area contributed by atoms with Gasteiger partial charge in [0.05, 0.1) is 6.61 Å². The molecule has 1 aliphatic rings. The van der Waals surface area contributed by atoms with Crippen LogP contribution in [0.4, 0.5) is 4.39 Å². The number of sulfonamides is 1. The van der Waals surface area contributed by atoms with Crippen molar-refractivity contribution in [2.75, 3.05) is 6.54 Å². The van der Waals surface area contributed by atoms with Gasteiger partial charge in [0.2, 0.25) is 10.0 Å². The molecule has 0 amide bonds. The fourth-order valence-corrected chi connectivity index (χ4v) is 3.73. The molecule has 1 aromatic carbocycles. The quantitative estimate of drug-likeness (QED) is 0.846. The molecule has 0 saturated heterocycles. The summed E-state index contributed by atoms with van der Waals surface area (Å²) in [7, 11) is -3.84. The van der Waals surface area contributed by atoms with Crippen molar-refractivity contribution >= 4 is 10.0 Å². The van der Waals surface area contributed by atoms with Crippen LogP contribution >= 0.6 is 0 Å². The lowest BCUT2D eigenvalue weighted by Gasteiger charge is -2.41. The summed E-state index contributed by atoms with van der Waals surface area (Å²) in [4.78, 5) is -0.361. The van der Waals surface area contributed by atoms with E-state index in [-0.39, 0.29) is 16.9 Å². The van der Waals surface area contributed by atoms with Gasteiger partial charge in [-0.05, 0) is 42.4 Å². The minimum atomic E-state index is -3.84. The Labute approximate surface area is 119 Å². The van der Waals surface area contributed by atoms with Gasteiger partial charge in [-0.25, -0.2) is 17.5 Å². The summed E-state index contributed by atoms with van der Waals surface area (Å²) in [6, 6.07) is 3.66. The highest BCUT2D eigenvalue weighted by molar-refractivity contribution is 7.89. The fourth-order valence-electron chi connectivity index (χ4n) is 2.52. The molecular formula is C14H20FNO3S. The third-order valence-corrected chi connectivity index (χ3v) is 5.70. The average Bonchev–Trinajstić information content (AvgIpc) is 2.37. The van der Waals surface area contributed by atoms with Gasteiger partial charge in [-0.2, -0.15) is 0 Å². The summed E-state index contributed by atoms with van der Waals surface area (Å²) in [5.41, 5.74) is 0.389. The molecule has 1 saturated carbocycles. The molecule has 1 aliphatic carbocycles. The summed E-state index contributed by atoms with van der Waals surface area (Å²) in [6.07, 6.45) is 4.06. The van der Waals surface area contributed by atoms with E-state index in [0.717, 1.165) is 31.7 Å². The number of halogens is 1. The van der Waals surface area contributed by atoms with Gasteiger partial charge in [0.1, 0.15) is 10.7 Å². The van der Waals surface area contributed by atoms with Crippen LogP contribution in [0.3, 0.4) is 0 Å². The average molecular weight is 301 g/mol. The minimum absolute atomic E-state index is 0.0363. The summed E-state index contributed by atoms with van der Waals surface area (Å²) in [5.74, 6) is -0.830. The van der Waals surface area contributed by atoms with Crippen molar-refractivity contribution < 1.29 is 17.9 Å². The molecule has 112 valence electrons. The molecule has 0 unspecified atom stereocenters. The Balaban J connectivity index is 2.14. The topological polar surface area (TPSA) is 66.4 Å². The van der Waals surface area contributed by atoms with Crippen LogP contribution in [0, 0.1) is 11.2 Å². The lowest BCUT2D eigenvalue weighted by atomic mass is 9.67. The van der Waals surface area contributed by atoms with Crippen molar-refractivity contribution in [2.45, 2.75) is 44.1 Å². The van der Waals surface area contributed by atoms with Crippen molar-refractivity contribution in [1.82, 2.24) is 4.72 Å². The van der Waals surface area contributed by atoms with Crippen molar-refractivity contribution in [2.24, 2.45) is 5.41 Å². The highest BCUT2D eigenvalue weighted by Gasteiger charge is 2.36. The van der Waals surface area contributed by atoms with Gasteiger partial charge in [-0.3, -0.25) is 0 Å². The van der Waals surface area contributed by atoms with E-state index in [9.17, 15) is 12.8 Å². The van der Waals surface area contributed by atoms with E-state index in [1.54, 1.807) is 0 Å². The summed E-state index contributed by atoms with van der Waals surface area (Å²) in [5, 5.41) is 8.91. The molecular weight excluding hydrogens is 281 g/mol. The first-order valence-electron chi connectivity index (χ1n) is 6.81. The van der Waals surface area contributed by atoms with Crippen molar-refractivity contribution in [3.8, 4) is 0 Å². The maximum absolute atomic E-state index is 13.8. The largest absolute Gasteiger partial charge is 0.392 e. The molecule has 0 radical (unpaired) electrons. The monoisotopic (exact) mass is 301 g/mol. The zero-order valence-electron chi connectivity index (χ0n) is 11.5. The van der Waals surface area contributed by atoms with Gasteiger partial charge < -0.3 is 5.11 Å². The Morgan fingerprint density at radius 3 is 2.55 bits per heavy atom. The molecule has 1 fully saturated rings. The summed E-state index contributed by atoms with van der Waals surface area (Å²) in [6.45, 7) is 2.08. The van der Waals surface area contributed by atoms with Crippen LogP contribution in [0.5, 0.6) is 0 Å². The fraction of sp³-hybridized carbons (Fsp3) is 0.571. The van der Waals surface area contributed by atoms with Gasteiger partial charge in [0.15, 0.2) is 0 Å². The molecule has 6 heteroatoms. The van der Waals surface area contributed by atoms with Crippen molar-refractivity contribution in [3.63, 3.8) is 0 Å². The smallest absolute Gasteiger partial charge is 0.243 e. The lowest BCUT2D eigenvalue weighted by molar-refractivity contribution is 0.133. The first kappa shape index (κ1) is 15.4. The van der Waals surface area contributed by atoms with E-state index in [1.165, 1.54) is 12.1 Å². The predicted molar refractivity (Wildman–Crippen MR) is 74.1 cm³/mol. The minimum Gasteiger partial charge on any atom is -0.392 e. The van der Waals surface area contributed by atoms with Crippen LogP contribution < -0.4 is 4.72 Å². The lowest BCUT2D eigenvalue weighted by Crippen LogP contribution is -2.41. The normalized spacial score (nSPS) is 17.8. The second kappa shape index (κ2) is 5.79. The van der Waals surface area contributed by atoms with Gasteiger partial charge in [-0.15, -0.1) is 0 Å². The predicted octanol–water partition coefficient (Wildman–Crippen LogP) is 2.18. The second-order valence-corrected chi connectivity index (χ2v) is 7.19. The number of hydrogen-bond donors (Lipinski definition) is 2. The summed E-state index contributed by atoms with van der Waals surface area (Å²) < 4.78 is 40.6. The van der Waals surface area contributed by atoms with Gasteiger partial charge >= 0.3 is 0 Å². The van der Waals surface area contributed by atoms with Crippen molar-refractivity contribution in [1.29, 1.82) is 0 Å². The van der Waals surface area contributed by atoms with Gasteiger partial charge in [-0.1, -0.05) is 19.4 Å². The molecule has 4 nitrogen and oxygen atoms in total. The molecule has 20 heavy (non-hydrogen) atoms. The van der Waals surface area contributed by atoms with E-state index >= 15 is 0 Å². The third-order valence-electron chi connectivity index (χ3n) is 4.27. The Kier molecular flexibility index (Phi) is 4.46. The standard InChI is InChI=1S/C14H20FNO3S/c1-2-14(6-3-7-14)10-16-20(18,19)13-5-4-11(9-17)8-12(13)15/h4-5,8,16-17H,2-3,6-7,9-10H2,1H3. The Morgan fingerprint density at radius 1 is 1.40 bits per heavy atom. The molecule has 0 aromatic heterocycles. The van der Waals surface area contributed by atoms with Crippen LogP contribution in [0.1, 0.15) is 38.2 Å². The zero-order valence-corrected chi connectivity index (χ0v) is 12.3. The molecule has 0 heterocycles. The highest BCUT2D eigenvalue weighted by Crippen LogP contribution is 2.43. The molecule has 0 spiro atoms. The molecule has 0 bridgehead atoms. The van der Waals surface area contributed by atoms with E-state index in [0.29, 0.717) is 12.1 Å². The van der Waals surface area contributed by atoms with E-state index in [2.05, 4.69) is 4.72 Å². The number of nitrogens with one attached hydrogen (secondary N) is 1. The summed E-state index contributed by atoms with van der Waals surface area (Å²) >= 11 is 0.